The fraction of sp³-hybridized carbons (Fsp3) is 1.00. The van der Waals surface area contributed by atoms with Crippen LogP contribution in [0.3, 0.4) is 0 Å². The van der Waals surface area contributed by atoms with Crippen molar-refractivity contribution < 1.29 is 9.47 Å². The molecule has 1 saturated heterocycles. The maximum absolute atomic E-state index is 5.38. The van der Waals surface area contributed by atoms with Gasteiger partial charge in [0.1, 0.15) is 0 Å². The molecule has 0 bridgehead atoms. The minimum Gasteiger partial charge on any atom is -0.382 e. The first-order valence-corrected chi connectivity index (χ1v) is 7.32. The van der Waals surface area contributed by atoms with E-state index in [9.17, 15) is 0 Å². The molecule has 1 aliphatic heterocycles. The van der Waals surface area contributed by atoms with Crippen LogP contribution in [0.1, 0.15) is 26.2 Å². The number of piperidine rings is 1. The Morgan fingerprint density at radius 2 is 1.89 bits per heavy atom. The molecule has 1 N–H and O–H groups in total. The van der Waals surface area contributed by atoms with Crippen molar-refractivity contribution in [2.24, 2.45) is 5.92 Å². The molecule has 0 unspecified atom stereocenters. The lowest BCUT2D eigenvalue weighted by Gasteiger charge is -2.30. The quantitative estimate of drug-likeness (QED) is 0.600. The average Bonchev–Trinajstić information content (AvgIpc) is 2.39. The molecule has 0 aromatic carbocycles. The second-order valence-corrected chi connectivity index (χ2v) is 5.23. The Balaban J connectivity index is 1.78. The molecule has 0 amide bonds. The Morgan fingerprint density at radius 3 is 2.61 bits per heavy atom. The van der Waals surface area contributed by atoms with Crippen molar-refractivity contribution >= 4 is 0 Å². The number of ether oxygens (including phenoxy) is 2. The summed E-state index contributed by atoms with van der Waals surface area (Å²) in [6, 6.07) is 0. The lowest BCUT2D eigenvalue weighted by Crippen LogP contribution is -2.35. The molecule has 0 saturated carbocycles. The van der Waals surface area contributed by atoms with E-state index in [4.69, 9.17) is 9.47 Å². The van der Waals surface area contributed by atoms with E-state index in [1.54, 1.807) is 7.11 Å². The molecule has 0 radical (unpaired) electrons. The average molecular weight is 258 g/mol. The van der Waals surface area contributed by atoms with Gasteiger partial charge in [-0.15, -0.1) is 0 Å². The number of nitrogens with one attached hydrogen (secondary N) is 1. The summed E-state index contributed by atoms with van der Waals surface area (Å²) in [6.45, 7) is 10.4. The molecule has 18 heavy (non-hydrogen) atoms. The number of nitrogens with zero attached hydrogens (tertiary/aromatic N) is 1. The summed E-state index contributed by atoms with van der Waals surface area (Å²) < 4.78 is 10.3. The van der Waals surface area contributed by atoms with Crippen LogP contribution >= 0.6 is 0 Å². The largest absolute Gasteiger partial charge is 0.382 e. The third-order valence-electron chi connectivity index (χ3n) is 3.56. The van der Waals surface area contributed by atoms with Gasteiger partial charge in [0.15, 0.2) is 0 Å². The van der Waals surface area contributed by atoms with Gasteiger partial charge in [0.05, 0.1) is 19.8 Å². The molecular formula is C14H30N2O2. The molecule has 4 heteroatoms. The maximum Gasteiger partial charge on any atom is 0.0700 e. The molecule has 0 spiro atoms. The highest BCUT2D eigenvalue weighted by atomic mass is 16.5. The van der Waals surface area contributed by atoms with E-state index in [0.29, 0.717) is 13.2 Å². The molecule has 0 aromatic heterocycles. The van der Waals surface area contributed by atoms with Gasteiger partial charge in [0, 0.05) is 13.7 Å². The fourth-order valence-corrected chi connectivity index (χ4v) is 2.23. The standard InChI is InChI=1S/C14H30N2O2/c1-14-4-9-16(10-5-14)8-3-6-15-7-11-18-13-12-17-2/h14-15H,3-13H2,1-2H3. The number of likely N-dealkylation sites (tertiary alicyclic amines) is 1. The zero-order valence-corrected chi connectivity index (χ0v) is 12.1. The third-order valence-corrected chi connectivity index (χ3v) is 3.56. The Hall–Kier alpha value is -0.160. The van der Waals surface area contributed by atoms with E-state index >= 15 is 0 Å². The van der Waals surface area contributed by atoms with Gasteiger partial charge in [-0.2, -0.15) is 0 Å². The zero-order chi connectivity index (χ0) is 13.1. The molecule has 4 nitrogen and oxygen atoms in total. The molecule has 1 aliphatic rings. The maximum atomic E-state index is 5.38. The number of hydrogen-bond acceptors (Lipinski definition) is 4. The predicted octanol–water partition coefficient (Wildman–Crippen LogP) is 1.36. The van der Waals surface area contributed by atoms with Crippen LogP contribution in [-0.2, 0) is 9.47 Å². The van der Waals surface area contributed by atoms with Gasteiger partial charge >= 0.3 is 0 Å². The van der Waals surface area contributed by atoms with Crippen LogP contribution in [0.2, 0.25) is 0 Å². The summed E-state index contributed by atoms with van der Waals surface area (Å²) in [5, 5.41) is 3.42. The predicted molar refractivity (Wildman–Crippen MR) is 75.0 cm³/mol. The summed E-state index contributed by atoms with van der Waals surface area (Å²) in [6.07, 6.45) is 3.99. The highest BCUT2D eigenvalue weighted by Crippen LogP contribution is 2.15. The Labute approximate surface area is 112 Å². The molecule has 108 valence electrons. The van der Waals surface area contributed by atoms with Gasteiger partial charge in [0.25, 0.3) is 0 Å². The molecule has 1 rings (SSSR count). The van der Waals surface area contributed by atoms with Crippen molar-refractivity contribution in [3.63, 3.8) is 0 Å². The van der Waals surface area contributed by atoms with Gasteiger partial charge < -0.3 is 19.7 Å². The van der Waals surface area contributed by atoms with Crippen LogP contribution < -0.4 is 5.32 Å². The van der Waals surface area contributed by atoms with Crippen molar-refractivity contribution in [2.75, 3.05) is 59.7 Å². The molecule has 0 aliphatic carbocycles. The Kier molecular flexibility index (Phi) is 9.48. The first-order valence-electron chi connectivity index (χ1n) is 7.32. The van der Waals surface area contributed by atoms with E-state index in [0.717, 1.165) is 25.6 Å². The highest BCUT2D eigenvalue weighted by molar-refractivity contribution is 4.69. The van der Waals surface area contributed by atoms with Crippen molar-refractivity contribution in [1.29, 1.82) is 0 Å². The minimum absolute atomic E-state index is 0.688. The zero-order valence-electron chi connectivity index (χ0n) is 12.1. The number of hydrogen-bond donors (Lipinski definition) is 1. The van der Waals surface area contributed by atoms with Crippen molar-refractivity contribution in [3.05, 3.63) is 0 Å². The summed E-state index contributed by atoms with van der Waals surface area (Å²) in [5.41, 5.74) is 0. The van der Waals surface area contributed by atoms with Gasteiger partial charge in [-0.05, 0) is 51.4 Å². The van der Waals surface area contributed by atoms with Crippen molar-refractivity contribution in [2.45, 2.75) is 26.2 Å². The lowest BCUT2D eigenvalue weighted by atomic mass is 9.99. The minimum atomic E-state index is 0.688. The van der Waals surface area contributed by atoms with Crippen LogP contribution in [0.25, 0.3) is 0 Å². The van der Waals surface area contributed by atoms with Crippen LogP contribution in [0, 0.1) is 5.92 Å². The summed E-state index contributed by atoms with van der Waals surface area (Å²) in [5.74, 6) is 0.934. The Bertz CT molecular complexity index is 183. The van der Waals surface area contributed by atoms with E-state index in [1.165, 1.54) is 38.9 Å². The second-order valence-electron chi connectivity index (χ2n) is 5.23. The molecule has 0 atom stereocenters. The van der Waals surface area contributed by atoms with E-state index in [-0.39, 0.29) is 0 Å². The Morgan fingerprint density at radius 1 is 1.11 bits per heavy atom. The van der Waals surface area contributed by atoms with Crippen LogP contribution in [0.5, 0.6) is 0 Å². The number of methoxy groups -OCH3 is 1. The molecule has 0 aromatic rings. The van der Waals surface area contributed by atoms with Crippen LogP contribution in [0.15, 0.2) is 0 Å². The summed E-state index contributed by atoms with van der Waals surface area (Å²) in [4.78, 5) is 2.59. The lowest BCUT2D eigenvalue weighted by molar-refractivity contribution is 0.0719. The molecule has 1 heterocycles. The van der Waals surface area contributed by atoms with Crippen LogP contribution in [0.4, 0.5) is 0 Å². The first-order chi connectivity index (χ1) is 8.83. The number of rotatable bonds is 10. The van der Waals surface area contributed by atoms with Crippen LogP contribution in [-0.4, -0.2) is 64.6 Å². The highest BCUT2D eigenvalue weighted by Gasteiger charge is 2.14. The van der Waals surface area contributed by atoms with E-state index < -0.39 is 0 Å². The molecular weight excluding hydrogens is 228 g/mol. The summed E-state index contributed by atoms with van der Waals surface area (Å²) >= 11 is 0. The van der Waals surface area contributed by atoms with Crippen molar-refractivity contribution in [3.8, 4) is 0 Å². The van der Waals surface area contributed by atoms with Gasteiger partial charge in [0.2, 0.25) is 0 Å². The van der Waals surface area contributed by atoms with E-state index in [2.05, 4.69) is 17.1 Å². The summed E-state index contributed by atoms with van der Waals surface area (Å²) in [7, 11) is 1.70. The third kappa shape index (κ3) is 8.03. The van der Waals surface area contributed by atoms with Gasteiger partial charge in [-0.25, -0.2) is 0 Å². The topological polar surface area (TPSA) is 33.7 Å². The molecule has 1 fully saturated rings. The normalized spacial score (nSPS) is 18.3. The monoisotopic (exact) mass is 258 g/mol. The second kappa shape index (κ2) is 10.7. The van der Waals surface area contributed by atoms with Gasteiger partial charge in [-0.3, -0.25) is 0 Å². The van der Waals surface area contributed by atoms with E-state index in [1.807, 2.05) is 0 Å². The fourth-order valence-electron chi connectivity index (χ4n) is 2.23. The van der Waals surface area contributed by atoms with Gasteiger partial charge in [-0.1, -0.05) is 6.92 Å². The first kappa shape index (κ1) is 15.9. The smallest absolute Gasteiger partial charge is 0.0700 e. The SMILES string of the molecule is COCCOCCNCCCN1CCC(C)CC1. The van der Waals surface area contributed by atoms with Crippen molar-refractivity contribution in [1.82, 2.24) is 10.2 Å².